The third-order valence-electron chi connectivity index (χ3n) is 3.79. The quantitative estimate of drug-likeness (QED) is 0.705. The van der Waals surface area contributed by atoms with Crippen LogP contribution in [0.15, 0.2) is 54.6 Å². The zero-order chi connectivity index (χ0) is 19.6. The van der Waals surface area contributed by atoms with Crippen molar-refractivity contribution in [2.75, 3.05) is 11.6 Å². The van der Waals surface area contributed by atoms with E-state index in [0.29, 0.717) is 22.0 Å². The summed E-state index contributed by atoms with van der Waals surface area (Å²) in [6.07, 6.45) is 1.17. The number of aryl methyl sites for hydroxylation is 1. The number of nitrogens with one attached hydrogen (secondary N) is 1. The van der Waals surface area contributed by atoms with Crippen molar-refractivity contribution in [3.8, 4) is 5.69 Å². The number of hydrogen-bond donors (Lipinski definition) is 1. The van der Waals surface area contributed by atoms with Crippen LogP contribution in [-0.2, 0) is 15.6 Å². The van der Waals surface area contributed by atoms with E-state index >= 15 is 0 Å². The highest BCUT2D eigenvalue weighted by molar-refractivity contribution is 7.89. The molecule has 6 nitrogen and oxygen atoms in total. The second-order valence-electron chi connectivity index (χ2n) is 6.28. The summed E-state index contributed by atoms with van der Waals surface area (Å²) in [7, 11) is -3.12. The van der Waals surface area contributed by atoms with Crippen molar-refractivity contribution in [1.82, 2.24) is 9.78 Å². The molecule has 2 aromatic carbocycles. The Labute approximate surface area is 162 Å². The molecule has 0 atom stereocenters. The normalized spacial score (nSPS) is 11.4. The standard InChI is InChI=1S/C19H18ClN3O3S/c1-13-11-18(23(22-13)17-9-7-16(20)8-10-17)21-19(24)15-5-3-14(4-6-15)12-27(2,25)26/h3-11H,12H2,1-2H3,(H,21,24). The molecule has 0 aliphatic carbocycles. The molecule has 0 fully saturated rings. The summed E-state index contributed by atoms with van der Waals surface area (Å²) in [5.41, 5.74) is 2.58. The van der Waals surface area contributed by atoms with Crippen molar-refractivity contribution in [2.24, 2.45) is 0 Å². The molecule has 0 radical (unpaired) electrons. The van der Waals surface area contributed by atoms with Gasteiger partial charge in [0.15, 0.2) is 9.84 Å². The van der Waals surface area contributed by atoms with Crippen molar-refractivity contribution in [1.29, 1.82) is 0 Å². The van der Waals surface area contributed by atoms with E-state index in [1.54, 1.807) is 47.1 Å². The number of hydrogen-bond acceptors (Lipinski definition) is 4. The Bertz CT molecular complexity index is 1070. The summed E-state index contributed by atoms with van der Waals surface area (Å²) in [6, 6.07) is 15.4. The molecular formula is C19H18ClN3O3S. The van der Waals surface area contributed by atoms with Gasteiger partial charge in [0.1, 0.15) is 5.82 Å². The molecule has 0 bridgehead atoms. The zero-order valence-electron chi connectivity index (χ0n) is 14.8. The van der Waals surface area contributed by atoms with Crippen LogP contribution in [0.3, 0.4) is 0 Å². The average molecular weight is 404 g/mol. The van der Waals surface area contributed by atoms with E-state index in [4.69, 9.17) is 11.6 Å². The number of carbonyl (C=O) groups is 1. The van der Waals surface area contributed by atoms with Crippen molar-refractivity contribution in [2.45, 2.75) is 12.7 Å². The van der Waals surface area contributed by atoms with Crippen LogP contribution in [-0.4, -0.2) is 30.4 Å². The van der Waals surface area contributed by atoms with Crippen LogP contribution in [0.4, 0.5) is 5.82 Å². The largest absolute Gasteiger partial charge is 0.306 e. The van der Waals surface area contributed by atoms with Crippen LogP contribution >= 0.6 is 11.6 Å². The summed E-state index contributed by atoms with van der Waals surface area (Å²) in [5.74, 6) is 0.160. The smallest absolute Gasteiger partial charge is 0.256 e. The van der Waals surface area contributed by atoms with Crippen LogP contribution in [0.1, 0.15) is 21.6 Å². The lowest BCUT2D eigenvalue weighted by molar-refractivity contribution is 0.102. The molecule has 1 amide bonds. The predicted molar refractivity (Wildman–Crippen MR) is 106 cm³/mol. The number of amides is 1. The van der Waals surface area contributed by atoms with E-state index in [-0.39, 0.29) is 11.7 Å². The van der Waals surface area contributed by atoms with Gasteiger partial charge in [-0.3, -0.25) is 4.79 Å². The highest BCUT2D eigenvalue weighted by Gasteiger charge is 2.13. The van der Waals surface area contributed by atoms with Gasteiger partial charge in [0.2, 0.25) is 0 Å². The second-order valence-corrected chi connectivity index (χ2v) is 8.86. The van der Waals surface area contributed by atoms with Gasteiger partial charge < -0.3 is 5.32 Å². The SMILES string of the molecule is Cc1cc(NC(=O)c2ccc(CS(C)(=O)=O)cc2)n(-c2ccc(Cl)cc2)n1. The van der Waals surface area contributed by atoms with Gasteiger partial charge in [-0.05, 0) is 48.9 Å². The minimum absolute atomic E-state index is 0.0581. The molecule has 3 rings (SSSR count). The van der Waals surface area contributed by atoms with Gasteiger partial charge in [0, 0.05) is 22.9 Å². The topological polar surface area (TPSA) is 81.1 Å². The van der Waals surface area contributed by atoms with Gasteiger partial charge in [-0.1, -0.05) is 23.7 Å². The summed E-state index contributed by atoms with van der Waals surface area (Å²) in [5, 5.41) is 7.86. The van der Waals surface area contributed by atoms with Crippen LogP contribution in [0.5, 0.6) is 0 Å². The molecule has 0 aliphatic heterocycles. The number of rotatable bonds is 5. The first-order valence-corrected chi connectivity index (χ1v) is 10.6. The van der Waals surface area contributed by atoms with E-state index in [1.807, 2.05) is 19.1 Å². The van der Waals surface area contributed by atoms with Crippen LogP contribution in [0, 0.1) is 6.92 Å². The molecule has 0 saturated carbocycles. The molecule has 140 valence electrons. The summed E-state index contributed by atoms with van der Waals surface area (Å²) >= 11 is 5.92. The molecule has 3 aromatic rings. The fourth-order valence-electron chi connectivity index (χ4n) is 2.61. The van der Waals surface area contributed by atoms with Crippen LogP contribution in [0.2, 0.25) is 5.02 Å². The number of halogens is 1. The minimum Gasteiger partial charge on any atom is -0.306 e. The monoisotopic (exact) mass is 403 g/mol. The molecule has 0 unspecified atom stereocenters. The van der Waals surface area contributed by atoms with Crippen LogP contribution < -0.4 is 5.32 Å². The van der Waals surface area contributed by atoms with Crippen molar-refractivity contribution < 1.29 is 13.2 Å². The van der Waals surface area contributed by atoms with Gasteiger partial charge in [0.25, 0.3) is 5.91 Å². The molecule has 0 aliphatic rings. The lowest BCUT2D eigenvalue weighted by Gasteiger charge is -2.09. The maximum absolute atomic E-state index is 12.6. The Balaban J connectivity index is 1.81. The van der Waals surface area contributed by atoms with E-state index in [0.717, 1.165) is 11.4 Å². The molecule has 1 heterocycles. The molecule has 0 spiro atoms. The lowest BCUT2D eigenvalue weighted by atomic mass is 10.1. The predicted octanol–water partition coefficient (Wildman–Crippen LogP) is 3.63. The van der Waals surface area contributed by atoms with E-state index in [2.05, 4.69) is 10.4 Å². The summed E-state index contributed by atoms with van der Waals surface area (Å²) in [6.45, 7) is 1.84. The van der Waals surface area contributed by atoms with Gasteiger partial charge in [-0.25, -0.2) is 13.1 Å². The Morgan fingerprint density at radius 1 is 1.11 bits per heavy atom. The average Bonchev–Trinajstić information content (AvgIpc) is 2.95. The number of aromatic nitrogens is 2. The first-order chi connectivity index (χ1) is 12.7. The lowest BCUT2D eigenvalue weighted by Crippen LogP contribution is -2.15. The first-order valence-electron chi connectivity index (χ1n) is 8.12. The fourth-order valence-corrected chi connectivity index (χ4v) is 3.54. The number of benzene rings is 2. The highest BCUT2D eigenvalue weighted by atomic mass is 35.5. The molecule has 0 saturated heterocycles. The van der Waals surface area contributed by atoms with Gasteiger partial charge in [-0.2, -0.15) is 5.10 Å². The molecular weight excluding hydrogens is 386 g/mol. The third kappa shape index (κ3) is 4.96. The summed E-state index contributed by atoms with van der Waals surface area (Å²) in [4.78, 5) is 12.6. The minimum atomic E-state index is -3.12. The zero-order valence-corrected chi connectivity index (χ0v) is 16.4. The summed E-state index contributed by atoms with van der Waals surface area (Å²) < 4.78 is 24.3. The Hall–Kier alpha value is -2.64. The van der Waals surface area contributed by atoms with Gasteiger partial charge in [-0.15, -0.1) is 0 Å². The van der Waals surface area contributed by atoms with Crippen molar-refractivity contribution in [3.05, 3.63) is 76.4 Å². The third-order valence-corrected chi connectivity index (χ3v) is 4.90. The Morgan fingerprint density at radius 3 is 2.33 bits per heavy atom. The molecule has 27 heavy (non-hydrogen) atoms. The molecule has 1 aromatic heterocycles. The van der Waals surface area contributed by atoms with Crippen LogP contribution in [0.25, 0.3) is 5.69 Å². The number of nitrogens with zero attached hydrogens (tertiary/aromatic N) is 2. The second kappa shape index (κ2) is 7.54. The van der Waals surface area contributed by atoms with E-state index in [1.165, 1.54) is 6.26 Å². The number of anilines is 1. The maximum atomic E-state index is 12.6. The van der Waals surface area contributed by atoms with E-state index in [9.17, 15) is 13.2 Å². The fraction of sp³-hybridized carbons (Fsp3) is 0.158. The Morgan fingerprint density at radius 2 is 1.74 bits per heavy atom. The molecule has 1 N–H and O–H groups in total. The Kier molecular flexibility index (Phi) is 5.34. The van der Waals surface area contributed by atoms with Crippen molar-refractivity contribution in [3.63, 3.8) is 0 Å². The number of sulfone groups is 1. The van der Waals surface area contributed by atoms with Gasteiger partial charge in [0.05, 0.1) is 17.1 Å². The van der Waals surface area contributed by atoms with E-state index < -0.39 is 9.84 Å². The first kappa shape index (κ1) is 19.1. The van der Waals surface area contributed by atoms with Crippen molar-refractivity contribution >= 4 is 33.2 Å². The van der Waals surface area contributed by atoms with Gasteiger partial charge >= 0.3 is 0 Å². The molecule has 8 heteroatoms. The number of carbonyl (C=O) groups excluding carboxylic acids is 1. The maximum Gasteiger partial charge on any atom is 0.256 e. The highest BCUT2D eigenvalue weighted by Crippen LogP contribution is 2.20.